The second kappa shape index (κ2) is 7.27. The largest absolute Gasteiger partial charge is 0.324 e. The van der Waals surface area contributed by atoms with Gasteiger partial charge in [-0.05, 0) is 57.0 Å². The molecule has 0 bridgehead atoms. The van der Waals surface area contributed by atoms with E-state index in [4.69, 9.17) is 0 Å². The predicted molar refractivity (Wildman–Crippen MR) is 103 cm³/mol. The Morgan fingerprint density at radius 3 is 2.24 bits per heavy atom. The van der Waals surface area contributed by atoms with Crippen molar-refractivity contribution in [3.8, 4) is 0 Å². The highest BCUT2D eigenvalue weighted by Gasteiger charge is 2.29. The molecule has 1 atom stereocenters. The first-order chi connectivity index (χ1) is 11.6. The van der Waals surface area contributed by atoms with Gasteiger partial charge in [-0.3, -0.25) is 9.10 Å². The van der Waals surface area contributed by atoms with E-state index in [2.05, 4.69) is 5.32 Å². The van der Waals surface area contributed by atoms with Crippen molar-refractivity contribution in [2.75, 3.05) is 15.9 Å². The molecule has 6 heteroatoms. The number of nitrogens with one attached hydrogen (secondary N) is 1. The predicted octanol–water partition coefficient (Wildman–Crippen LogP) is 3.41. The normalized spacial score (nSPS) is 12.5. The Labute approximate surface area is 149 Å². The van der Waals surface area contributed by atoms with Gasteiger partial charge in [0.25, 0.3) is 0 Å². The van der Waals surface area contributed by atoms with Gasteiger partial charge in [-0.2, -0.15) is 0 Å². The molecule has 0 radical (unpaired) electrons. The second-order valence-corrected chi connectivity index (χ2v) is 8.24. The van der Waals surface area contributed by atoms with E-state index in [0.717, 1.165) is 27.3 Å². The zero-order chi connectivity index (χ0) is 18.8. The van der Waals surface area contributed by atoms with Crippen LogP contribution in [0.2, 0.25) is 0 Å². The minimum atomic E-state index is -3.62. The smallest absolute Gasteiger partial charge is 0.248 e. The van der Waals surface area contributed by atoms with Crippen molar-refractivity contribution in [2.45, 2.75) is 33.7 Å². The van der Waals surface area contributed by atoms with Crippen LogP contribution in [0.3, 0.4) is 0 Å². The topological polar surface area (TPSA) is 66.5 Å². The van der Waals surface area contributed by atoms with Crippen molar-refractivity contribution in [1.82, 2.24) is 0 Å². The van der Waals surface area contributed by atoms with Crippen molar-refractivity contribution in [3.05, 3.63) is 59.2 Å². The first-order valence-corrected chi connectivity index (χ1v) is 9.88. The lowest BCUT2D eigenvalue weighted by Gasteiger charge is -2.28. The fourth-order valence-electron chi connectivity index (χ4n) is 2.76. The molecular formula is C19H24N2O3S. The van der Waals surface area contributed by atoms with Gasteiger partial charge >= 0.3 is 0 Å². The summed E-state index contributed by atoms with van der Waals surface area (Å²) >= 11 is 0. The Morgan fingerprint density at radius 1 is 1.04 bits per heavy atom. The summed E-state index contributed by atoms with van der Waals surface area (Å²) in [6.07, 6.45) is 1.11. The molecule has 0 saturated carbocycles. The minimum Gasteiger partial charge on any atom is -0.324 e. The van der Waals surface area contributed by atoms with Crippen LogP contribution in [-0.4, -0.2) is 26.6 Å². The lowest BCUT2D eigenvalue weighted by atomic mass is 10.1. The number of hydrogen-bond acceptors (Lipinski definition) is 3. The van der Waals surface area contributed by atoms with Gasteiger partial charge in [-0.15, -0.1) is 0 Å². The highest BCUT2D eigenvalue weighted by atomic mass is 32.2. The molecule has 2 aromatic rings. The molecular weight excluding hydrogens is 336 g/mol. The average Bonchev–Trinajstić information content (AvgIpc) is 2.48. The molecule has 25 heavy (non-hydrogen) atoms. The maximum atomic E-state index is 12.7. The van der Waals surface area contributed by atoms with Crippen LogP contribution in [0.5, 0.6) is 0 Å². The van der Waals surface area contributed by atoms with E-state index in [1.165, 1.54) is 0 Å². The van der Waals surface area contributed by atoms with E-state index >= 15 is 0 Å². The summed E-state index contributed by atoms with van der Waals surface area (Å²) in [5.41, 5.74) is 4.11. The maximum Gasteiger partial charge on any atom is 0.248 e. The van der Waals surface area contributed by atoms with Crippen LogP contribution in [0.1, 0.15) is 23.6 Å². The number of rotatable bonds is 5. The van der Waals surface area contributed by atoms with Crippen LogP contribution >= 0.6 is 0 Å². The third-order valence-electron chi connectivity index (χ3n) is 3.98. The van der Waals surface area contributed by atoms with Crippen LogP contribution in [0.25, 0.3) is 0 Å². The molecule has 0 aliphatic heterocycles. The van der Waals surface area contributed by atoms with Gasteiger partial charge in [0.1, 0.15) is 6.04 Å². The number of carbonyl (C=O) groups is 1. The standard InChI is InChI=1S/C19H24N2O3S/c1-13-7-6-8-17(12-13)21(25(5,23)24)16(4)19(22)20-18-10-9-14(2)11-15(18)3/h6-12,16H,1-5H3,(H,20,22)/t16-/m0/s1. The van der Waals surface area contributed by atoms with E-state index in [1.807, 2.05) is 45.0 Å². The highest BCUT2D eigenvalue weighted by Crippen LogP contribution is 2.23. The lowest BCUT2D eigenvalue weighted by Crippen LogP contribution is -2.45. The number of aryl methyl sites for hydroxylation is 3. The van der Waals surface area contributed by atoms with Crippen LogP contribution in [0, 0.1) is 20.8 Å². The maximum absolute atomic E-state index is 12.7. The number of hydrogen-bond donors (Lipinski definition) is 1. The second-order valence-electron chi connectivity index (χ2n) is 6.38. The fourth-order valence-corrected chi connectivity index (χ4v) is 3.93. The van der Waals surface area contributed by atoms with Crippen molar-refractivity contribution in [3.63, 3.8) is 0 Å². The molecule has 134 valence electrons. The molecule has 0 fully saturated rings. The van der Waals surface area contributed by atoms with Gasteiger partial charge < -0.3 is 5.32 Å². The summed E-state index contributed by atoms with van der Waals surface area (Å²) in [6, 6.07) is 11.9. The molecule has 0 spiro atoms. The number of nitrogens with zero attached hydrogens (tertiary/aromatic N) is 1. The molecule has 2 aromatic carbocycles. The third kappa shape index (κ3) is 4.60. The Morgan fingerprint density at radius 2 is 1.68 bits per heavy atom. The van der Waals surface area contributed by atoms with Gasteiger partial charge in [0.05, 0.1) is 11.9 Å². The first kappa shape index (κ1) is 19.0. The summed E-state index contributed by atoms with van der Waals surface area (Å²) in [6.45, 7) is 7.35. The van der Waals surface area contributed by atoms with Crippen molar-refractivity contribution in [2.24, 2.45) is 0 Å². The third-order valence-corrected chi connectivity index (χ3v) is 5.23. The Balaban J connectivity index is 2.33. The van der Waals surface area contributed by atoms with E-state index in [9.17, 15) is 13.2 Å². The molecule has 1 N–H and O–H groups in total. The van der Waals surface area contributed by atoms with Crippen LogP contribution in [0.4, 0.5) is 11.4 Å². The van der Waals surface area contributed by atoms with Crippen LogP contribution in [-0.2, 0) is 14.8 Å². The molecule has 0 aliphatic carbocycles. The van der Waals surface area contributed by atoms with Crippen molar-refractivity contribution in [1.29, 1.82) is 0 Å². The van der Waals surface area contributed by atoms with Gasteiger partial charge in [0, 0.05) is 5.69 Å². The zero-order valence-corrected chi connectivity index (χ0v) is 16.0. The summed E-state index contributed by atoms with van der Waals surface area (Å²) < 4.78 is 25.7. The summed E-state index contributed by atoms with van der Waals surface area (Å²) in [5, 5.41) is 2.83. The molecule has 0 unspecified atom stereocenters. The van der Waals surface area contributed by atoms with Gasteiger partial charge in [-0.1, -0.05) is 29.8 Å². The Bertz CT molecular complexity index is 891. The summed E-state index contributed by atoms with van der Waals surface area (Å²) in [7, 11) is -3.62. The number of benzene rings is 2. The Hall–Kier alpha value is -2.34. The Kier molecular flexibility index (Phi) is 5.52. The van der Waals surface area contributed by atoms with Gasteiger partial charge in [0.15, 0.2) is 0 Å². The average molecular weight is 360 g/mol. The van der Waals surface area contributed by atoms with Crippen molar-refractivity contribution < 1.29 is 13.2 Å². The molecule has 0 aliphatic rings. The SMILES string of the molecule is Cc1cccc(N([C@@H](C)C(=O)Nc2ccc(C)cc2C)S(C)(=O)=O)c1. The number of sulfonamides is 1. The van der Waals surface area contributed by atoms with E-state index in [-0.39, 0.29) is 5.91 Å². The minimum absolute atomic E-state index is 0.376. The van der Waals surface area contributed by atoms with Crippen molar-refractivity contribution >= 4 is 27.3 Å². The monoisotopic (exact) mass is 360 g/mol. The lowest BCUT2D eigenvalue weighted by molar-refractivity contribution is -0.116. The first-order valence-electron chi connectivity index (χ1n) is 8.04. The van der Waals surface area contributed by atoms with E-state index in [0.29, 0.717) is 11.4 Å². The molecule has 2 rings (SSSR count). The van der Waals surface area contributed by atoms with Gasteiger partial charge in [0.2, 0.25) is 15.9 Å². The zero-order valence-electron chi connectivity index (χ0n) is 15.2. The molecule has 5 nitrogen and oxygen atoms in total. The van der Waals surface area contributed by atoms with Gasteiger partial charge in [-0.25, -0.2) is 8.42 Å². The molecule has 1 amide bonds. The summed E-state index contributed by atoms with van der Waals surface area (Å²) in [5.74, 6) is -0.376. The number of carbonyl (C=O) groups excluding carboxylic acids is 1. The number of anilines is 2. The van der Waals surface area contributed by atoms with Crippen LogP contribution < -0.4 is 9.62 Å². The van der Waals surface area contributed by atoms with Crippen LogP contribution in [0.15, 0.2) is 42.5 Å². The molecule has 0 saturated heterocycles. The quantitative estimate of drug-likeness (QED) is 0.888. The summed E-state index contributed by atoms with van der Waals surface area (Å²) in [4.78, 5) is 12.7. The van der Waals surface area contributed by atoms with E-state index < -0.39 is 16.1 Å². The molecule has 0 aromatic heterocycles. The molecule has 0 heterocycles. The fraction of sp³-hybridized carbons (Fsp3) is 0.316. The van der Waals surface area contributed by atoms with E-state index in [1.54, 1.807) is 25.1 Å². The number of amides is 1. The highest BCUT2D eigenvalue weighted by molar-refractivity contribution is 7.92.